The van der Waals surface area contributed by atoms with Gasteiger partial charge in [0.05, 0.1) is 0 Å². The van der Waals surface area contributed by atoms with Crippen LogP contribution >= 0.6 is 0 Å². The summed E-state index contributed by atoms with van der Waals surface area (Å²) in [5.41, 5.74) is 0.351. The summed E-state index contributed by atoms with van der Waals surface area (Å²) >= 11 is 0. The average Bonchev–Trinajstić information content (AvgIpc) is 2.01. The number of hydrogen-bond donors (Lipinski definition) is 0. The molecule has 1 nitrogen and oxygen atoms in total. The van der Waals surface area contributed by atoms with Gasteiger partial charge in [0.15, 0.2) is 0 Å². The zero-order valence-corrected chi connectivity index (χ0v) is 10.2. The molecule has 0 aliphatic carbocycles. The van der Waals surface area contributed by atoms with E-state index < -0.39 is 0 Å². The van der Waals surface area contributed by atoms with E-state index in [-0.39, 0.29) is 0 Å². The van der Waals surface area contributed by atoms with Crippen molar-refractivity contribution in [2.24, 2.45) is 0 Å². The fraction of sp³-hybridized carbons (Fsp3) is 1.00. The Bertz CT molecular complexity index is 113. The number of hydrogen-bond acceptors (Lipinski definition) is 1. The summed E-state index contributed by atoms with van der Waals surface area (Å²) < 4.78 is 0. The maximum atomic E-state index is 2.60. The van der Waals surface area contributed by atoms with Crippen LogP contribution in [0.5, 0.6) is 0 Å². The van der Waals surface area contributed by atoms with E-state index in [1.165, 1.54) is 38.8 Å². The summed E-state index contributed by atoms with van der Waals surface area (Å²) in [6, 6.07) is 0. The van der Waals surface area contributed by atoms with Crippen molar-refractivity contribution in [2.75, 3.05) is 13.1 Å². The van der Waals surface area contributed by atoms with Gasteiger partial charge in [0.1, 0.15) is 0 Å². The standard InChI is InChI=1S/C12H27N/c1-6-8-9-11-13(10-7-2)12(3,4)5/h6-11H2,1-5H3. The molecular formula is C12H27N. The van der Waals surface area contributed by atoms with Gasteiger partial charge in [-0.25, -0.2) is 0 Å². The van der Waals surface area contributed by atoms with Crippen molar-refractivity contribution in [1.29, 1.82) is 0 Å². The lowest BCUT2D eigenvalue weighted by Gasteiger charge is -2.35. The van der Waals surface area contributed by atoms with Crippen molar-refractivity contribution in [3.63, 3.8) is 0 Å². The molecule has 0 aromatic heterocycles. The van der Waals surface area contributed by atoms with E-state index in [2.05, 4.69) is 39.5 Å². The smallest absolute Gasteiger partial charge is 0.0125 e. The van der Waals surface area contributed by atoms with Crippen molar-refractivity contribution in [1.82, 2.24) is 4.90 Å². The van der Waals surface area contributed by atoms with Crippen molar-refractivity contribution >= 4 is 0 Å². The monoisotopic (exact) mass is 185 g/mol. The van der Waals surface area contributed by atoms with Gasteiger partial charge in [-0.1, -0.05) is 26.7 Å². The molecule has 0 unspecified atom stereocenters. The molecule has 13 heavy (non-hydrogen) atoms. The predicted octanol–water partition coefficient (Wildman–Crippen LogP) is 3.69. The van der Waals surface area contributed by atoms with E-state index in [1.807, 2.05) is 0 Å². The average molecular weight is 185 g/mol. The van der Waals surface area contributed by atoms with E-state index in [0.717, 1.165) is 0 Å². The third-order valence-electron chi connectivity index (χ3n) is 2.47. The minimum Gasteiger partial charge on any atom is -0.298 e. The Morgan fingerprint density at radius 1 is 0.846 bits per heavy atom. The molecule has 0 fully saturated rings. The lowest BCUT2D eigenvalue weighted by molar-refractivity contribution is 0.134. The molecule has 0 atom stereocenters. The van der Waals surface area contributed by atoms with Crippen LogP contribution in [-0.4, -0.2) is 23.5 Å². The Balaban J connectivity index is 3.81. The molecule has 0 heterocycles. The van der Waals surface area contributed by atoms with Crippen LogP contribution in [0.15, 0.2) is 0 Å². The Morgan fingerprint density at radius 2 is 1.46 bits per heavy atom. The van der Waals surface area contributed by atoms with Gasteiger partial charge in [-0.15, -0.1) is 0 Å². The van der Waals surface area contributed by atoms with Crippen LogP contribution in [0.1, 0.15) is 60.3 Å². The lowest BCUT2D eigenvalue weighted by atomic mass is 10.0. The first-order valence-corrected chi connectivity index (χ1v) is 5.77. The van der Waals surface area contributed by atoms with Gasteiger partial charge >= 0.3 is 0 Å². The summed E-state index contributed by atoms with van der Waals surface area (Å²) in [5, 5.41) is 0. The zero-order valence-electron chi connectivity index (χ0n) is 10.2. The molecule has 0 saturated carbocycles. The Kier molecular flexibility index (Phi) is 6.40. The van der Waals surface area contributed by atoms with Crippen molar-refractivity contribution in [3.8, 4) is 0 Å². The van der Waals surface area contributed by atoms with Gasteiger partial charge in [0.25, 0.3) is 0 Å². The van der Waals surface area contributed by atoms with Crippen molar-refractivity contribution in [3.05, 3.63) is 0 Å². The van der Waals surface area contributed by atoms with Gasteiger partial charge < -0.3 is 0 Å². The zero-order chi connectivity index (χ0) is 10.3. The summed E-state index contributed by atoms with van der Waals surface area (Å²) in [7, 11) is 0. The highest BCUT2D eigenvalue weighted by atomic mass is 15.2. The van der Waals surface area contributed by atoms with Crippen molar-refractivity contribution < 1.29 is 0 Å². The van der Waals surface area contributed by atoms with Gasteiger partial charge in [0, 0.05) is 5.54 Å². The van der Waals surface area contributed by atoms with E-state index in [4.69, 9.17) is 0 Å². The SMILES string of the molecule is CCCCCN(CCC)C(C)(C)C. The molecule has 0 amide bonds. The second kappa shape index (κ2) is 6.42. The molecule has 0 spiro atoms. The minimum absolute atomic E-state index is 0.351. The Morgan fingerprint density at radius 3 is 1.85 bits per heavy atom. The third-order valence-corrected chi connectivity index (χ3v) is 2.47. The Labute approximate surface area is 84.5 Å². The van der Waals surface area contributed by atoms with E-state index in [1.54, 1.807) is 0 Å². The van der Waals surface area contributed by atoms with Crippen LogP contribution in [0.3, 0.4) is 0 Å². The van der Waals surface area contributed by atoms with Crippen LogP contribution in [0, 0.1) is 0 Å². The molecule has 0 aromatic rings. The number of nitrogens with zero attached hydrogens (tertiary/aromatic N) is 1. The fourth-order valence-electron chi connectivity index (χ4n) is 1.61. The molecule has 80 valence electrons. The normalized spacial score (nSPS) is 12.5. The van der Waals surface area contributed by atoms with Crippen LogP contribution < -0.4 is 0 Å². The highest BCUT2D eigenvalue weighted by Crippen LogP contribution is 2.14. The van der Waals surface area contributed by atoms with Crippen LogP contribution in [0.2, 0.25) is 0 Å². The van der Waals surface area contributed by atoms with E-state index in [0.29, 0.717) is 5.54 Å². The van der Waals surface area contributed by atoms with Gasteiger partial charge in [0.2, 0.25) is 0 Å². The maximum Gasteiger partial charge on any atom is 0.0125 e. The molecule has 0 radical (unpaired) electrons. The molecule has 0 aliphatic rings. The maximum absolute atomic E-state index is 2.60. The van der Waals surface area contributed by atoms with E-state index >= 15 is 0 Å². The van der Waals surface area contributed by atoms with Crippen LogP contribution in [-0.2, 0) is 0 Å². The quantitative estimate of drug-likeness (QED) is 0.570. The highest BCUT2D eigenvalue weighted by molar-refractivity contribution is 4.75. The number of rotatable bonds is 6. The first-order valence-electron chi connectivity index (χ1n) is 5.77. The summed E-state index contributed by atoms with van der Waals surface area (Å²) in [6.07, 6.45) is 5.32. The first-order chi connectivity index (χ1) is 6.02. The summed E-state index contributed by atoms with van der Waals surface area (Å²) in [5.74, 6) is 0. The Hall–Kier alpha value is -0.0400. The first kappa shape index (κ1) is 13.0. The van der Waals surface area contributed by atoms with Crippen LogP contribution in [0.4, 0.5) is 0 Å². The molecule has 0 N–H and O–H groups in total. The molecule has 0 aromatic carbocycles. The predicted molar refractivity (Wildman–Crippen MR) is 61.1 cm³/mol. The van der Waals surface area contributed by atoms with Gasteiger partial charge in [-0.3, -0.25) is 4.90 Å². The van der Waals surface area contributed by atoms with Gasteiger partial charge in [-0.05, 0) is 46.7 Å². The second-order valence-corrected chi connectivity index (χ2v) is 4.86. The van der Waals surface area contributed by atoms with E-state index in [9.17, 15) is 0 Å². The second-order valence-electron chi connectivity index (χ2n) is 4.86. The minimum atomic E-state index is 0.351. The molecule has 1 heteroatoms. The lowest BCUT2D eigenvalue weighted by Crippen LogP contribution is -2.42. The number of unbranched alkanes of at least 4 members (excludes halogenated alkanes) is 2. The summed E-state index contributed by atoms with van der Waals surface area (Å²) in [6.45, 7) is 14.0. The highest BCUT2D eigenvalue weighted by Gasteiger charge is 2.19. The van der Waals surface area contributed by atoms with Crippen LogP contribution in [0.25, 0.3) is 0 Å². The van der Waals surface area contributed by atoms with Gasteiger partial charge in [-0.2, -0.15) is 0 Å². The molecule has 0 aliphatic heterocycles. The molecule has 0 saturated heterocycles. The fourth-order valence-corrected chi connectivity index (χ4v) is 1.61. The molecule has 0 rings (SSSR count). The molecular weight excluding hydrogens is 158 g/mol. The largest absolute Gasteiger partial charge is 0.298 e. The molecule has 0 bridgehead atoms. The third kappa shape index (κ3) is 6.09. The van der Waals surface area contributed by atoms with Crippen molar-refractivity contribution in [2.45, 2.75) is 65.8 Å². The summed E-state index contributed by atoms with van der Waals surface area (Å²) in [4.78, 5) is 2.60. The topological polar surface area (TPSA) is 3.24 Å².